The second-order valence-corrected chi connectivity index (χ2v) is 5.24. The van der Waals surface area contributed by atoms with Crippen LogP contribution in [-0.4, -0.2) is 9.78 Å². The molecule has 20 heavy (non-hydrogen) atoms. The first-order valence-electron chi connectivity index (χ1n) is 6.92. The lowest BCUT2D eigenvalue weighted by Crippen LogP contribution is -2.03. The van der Waals surface area contributed by atoms with Gasteiger partial charge in [0.05, 0.1) is 5.69 Å². The quantitative estimate of drug-likeness (QED) is 0.839. The molecular formula is C16H17N3O. The Balaban J connectivity index is 1.94. The Morgan fingerprint density at radius 3 is 2.75 bits per heavy atom. The molecule has 0 aliphatic heterocycles. The van der Waals surface area contributed by atoms with E-state index in [4.69, 9.17) is 4.74 Å². The summed E-state index contributed by atoms with van der Waals surface area (Å²) >= 11 is 0. The third kappa shape index (κ3) is 2.16. The molecule has 0 spiro atoms. The van der Waals surface area contributed by atoms with Gasteiger partial charge >= 0.3 is 0 Å². The van der Waals surface area contributed by atoms with Crippen molar-refractivity contribution in [3.63, 3.8) is 0 Å². The number of aromatic nitrogens is 2. The van der Waals surface area contributed by atoms with Gasteiger partial charge in [0, 0.05) is 7.05 Å². The number of ether oxygens (including phenoxy) is 1. The van der Waals surface area contributed by atoms with Gasteiger partial charge in [-0.15, -0.1) is 0 Å². The molecule has 0 atom stereocenters. The molecule has 0 saturated heterocycles. The van der Waals surface area contributed by atoms with Gasteiger partial charge in [-0.1, -0.05) is 6.07 Å². The molecule has 1 aromatic carbocycles. The maximum absolute atomic E-state index is 9.20. The number of hydrogen-bond donors (Lipinski definition) is 0. The average molecular weight is 267 g/mol. The van der Waals surface area contributed by atoms with Gasteiger partial charge in [0.2, 0.25) is 5.88 Å². The Bertz CT molecular complexity index is 694. The number of nitrogens with zero attached hydrogens (tertiary/aromatic N) is 3. The van der Waals surface area contributed by atoms with Gasteiger partial charge in [-0.3, -0.25) is 0 Å². The Morgan fingerprint density at radius 1 is 1.25 bits per heavy atom. The summed E-state index contributed by atoms with van der Waals surface area (Å²) in [7, 11) is 1.79. The number of benzene rings is 1. The van der Waals surface area contributed by atoms with Crippen molar-refractivity contribution in [1.82, 2.24) is 9.78 Å². The molecule has 0 saturated carbocycles. The van der Waals surface area contributed by atoms with E-state index in [1.165, 1.54) is 24.0 Å². The van der Waals surface area contributed by atoms with E-state index in [0.29, 0.717) is 17.1 Å². The van der Waals surface area contributed by atoms with Crippen LogP contribution in [0.1, 0.15) is 35.2 Å². The maximum atomic E-state index is 9.20. The van der Waals surface area contributed by atoms with Crippen molar-refractivity contribution >= 4 is 0 Å². The topological polar surface area (TPSA) is 50.8 Å². The lowest BCUT2D eigenvalue weighted by atomic mass is 9.92. The molecule has 0 fully saturated rings. The van der Waals surface area contributed by atoms with Gasteiger partial charge < -0.3 is 4.74 Å². The lowest BCUT2D eigenvalue weighted by molar-refractivity contribution is 0.428. The predicted octanol–water partition coefficient (Wildman–Crippen LogP) is 3.27. The third-order valence-electron chi connectivity index (χ3n) is 3.82. The molecule has 4 nitrogen and oxygen atoms in total. The van der Waals surface area contributed by atoms with E-state index >= 15 is 0 Å². The molecule has 0 amide bonds. The van der Waals surface area contributed by atoms with Gasteiger partial charge in [-0.05, 0) is 55.9 Å². The highest BCUT2D eigenvalue weighted by Crippen LogP contribution is 2.30. The zero-order chi connectivity index (χ0) is 14.1. The van der Waals surface area contributed by atoms with Crippen LogP contribution in [0, 0.1) is 18.3 Å². The molecule has 0 unspecified atom stereocenters. The molecule has 1 aliphatic rings. The average Bonchev–Trinajstić information content (AvgIpc) is 2.72. The first-order valence-corrected chi connectivity index (χ1v) is 6.92. The van der Waals surface area contributed by atoms with Crippen LogP contribution < -0.4 is 4.74 Å². The molecule has 1 aliphatic carbocycles. The van der Waals surface area contributed by atoms with Crippen molar-refractivity contribution in [2.75, 3.05) is 0 Å². The molecule has 102 valence electrons. The van der Waals surface area contributed by atoms with E-state index in [2.05, 4.69) is 23.3 Å². The highest BCUT2D eigenvalue weighted by Gasteiger charge is 2.16. The summed E-state index contributed by atoms with van der Waals surface area (Å²) in [5.74, 6) is 1.30. The van der Waals surface area contributed by atoms with Crippen LogP contribution in [0.5, 0.6) is 11.6 Å². The first-order chi connectivity index (χ1) is 9.69. The fourth-order valence-electron chi connectivity index (χ4n) is 2.77. The molecular weight excluding hydrogens is 250 g/mol. The third-order valence-corrected chi connectivity index (χ3v) is 3.82. The zero-order valence-electron chi connectivity index (χ0n) is 11.8. The molecule has 4 heteroatoms. The molecule has 3 rings (SSSR count). The van der Waals surface area contributed by atoms with Crippen LogP contribution >= 0.6 is 0 Å². The fourth-order valence-corrected chi connectivity index (χ4v) is 2.77. The van der Waals surface area contributed by atoms with Crippen LogP contribution in [0.2, 0.25) is 0 Å². The minimum atomic E-state index is 0.505. The van der Waals surface area contributed by atoms with Gasteiger partial charge in [-0.2, -0.15) is 10.4 Å². The van der Waals surface area contributed by atoms with Crippen LogP contribution in [-0.2, 0) is 19.9 Å². The van der Waals surface area contributed by atoms with E-state index in [1.54, 1.807) is 11.7 Å². The zero-order valence-corrected chi connectivity index (χ0v) is 11.8. The maximum Gasteiger partial charge on any atom is 0.235 e. The smallest absolute Gasteiger partial charge is 0.235 e. The summed E-state index contributed by atoms with van der Waals surface area (Å²) in [4.78, 5) is 0. The molecule has 1 aromatic heterocycles. The van der Waals surface area contributed by atoms with Crippen molar-refractivity contribution in [3.05, 3.63) is 40.6 Å². The van der Waals surface area contributed by atoms with Crippen LogP contribution in [0.25, 0.3) is 0 Å². The second kappa shape index (κ2) is 5.01. The van der Waals surface area contributed by atoms with E-state index in [1.807, 2.05) is 13.0 Å². The molecule has 0 N–H and O–H groups in total. The summed E-state index contributed by atoms with van der Waals surface area (Å²) in [5, 5.41) is 13.4. The lowest BCUT2D eigenvalue weighted by Gasteiger charge is -2.16. The van der Waals surface area contributed by atoms with Crippen molar-refractivity contribution in [2.24, 2.45) is 7.05 Å². The number of rotatable bonds is 2. The highest BCUT2D eigenvalue weighted by molar-refractivity contribution is 5.45. The van der Waals surface area contributed by atoms with Crippen LogP contribution in [0.4, 0.5) is 0 Å². The standard InChI is InChI=1S/C16H17N3O/c1-11-15(10-17)16(19(2)18-11)20-14-8-7-12-5-3-4-6-13(12)9-14/h7-9H,3-6H2,1-2H3. The second-order valence-electron chi connectivity index (χ2n) is 5.24. The predicted molar refractivity (Wildman–Crippen MR) is 75.8 cm³/mol. The number of fused-ring (bicyclic) bond motifs is 1. The van der Waals surface area contributed by atoms with E-state index in [9.17, 15) is 5.26 Å². The van der Waals surface area contributed by atoms with Crippen molar-refractivity contribution in [3.8, 4) is 17.7 Å². The normalized spacial score (nSPS) is 13.7. The summed E-state index contributed by atoms with van der Waals surface area (Å²) < 4.78 is 7.51. The Hall–Kier alpha value is -2.28. The SMILES string of the molecule is Cc1nn(C)c(Oc2ccc3c(c2)CCCC3)c1C#N. The van der Waals surface area contributed by atoms with Crippen LogP contribution in [0.15, 0.2) is 18.2 Å². The number of nitriles is 1. The summed E-state index contributed by atoms with van der Waals surface area (Å²) in [6.07, 6.45) is 4.78. The largest absolute Gasteiger partial charge is 0.438 e. The number of aryl methyl sites for hydroxylation is 4. The van der Waals surface area contributed by atoms with Gasteiger partial charge in [-0.25, -0.2) is 4.68 Å². The van der Waals surface area contributed by atoms with Crippen LogP contribution in [0.3, 0.4) is 0 Å². The molecule has 0 radical (unpaired) electrons. The minimum absolute atomic E-state index is 0.505. The van der Waals surface area contributed by atoms with E-state index in [0.717, 1.165) is 18.6 Å². The van der Waals surface area contributed by atoms with Crippen molar-refractivity contribution in [1.29, 1.82) is 5.26 Å². The van der Waals surface area contributed by atoms with Crippen molar-refractivity contribution < 1.29 is 4.74 Å². The Labute approximate surface area is 118 Å². The van der Waals surface area contributed by atoms with E-state index in [-0.39, 0.29) is 0 Å². The number of hydrogen-bond acceptors (Lipinski definition) is 3. The Morgan fingerprint density at radius 2 is 2.00 bits per heavy atom. The summed E-state index contributed by atoms with van der Waals surface area (Å²) in [6.45, 7) is 1.82. The summed E-state index contributed by atoms with van der Waals surface area (Å²) in [5.41, 5.74) is 3.99. The molecule has 1 heterocycles. The first kappa shape index (κ1) is 12.7. The van der Waals surface area contributed by atoms with E-state index < -0.39 is 0 Å². The van der Waals surface area contributed by atoms with Gasteiger partial charge in [0.25, 0.3) is 0 Å². The molecule has 0 bridgehead atoms. The minimum Gasteiger partial charge on any atom is -0.438 e. The Kier molecular flexibility index (Phi) is 3.19. The van der Waals surface area contributed by atoms with Gasteiger partial charge in [0.1, 0.15) is 17.4 Å². The van der Waals surface area contributed by atoms with Gasteiger partial charge in [0.15, 0.2) is 0 Å². The molecule has 2 aromatic rings. The fraction of sp³-hybridized carbons (Fsp3) is 0.375. The summed E-state index contributed by atoms with van der Waals surface area (Å²) in [6, 6.07) is 8.37. The monoisotopic (exact) mass is 267 g/mol. The van der Waals surface area contributed by atoms with Crippen molar-refractivity contribution in [2.45, 2.75) is 32.6 Å². The highest BCUT2D eigenvalue weighted by atomic mass is 16.5.